The van der Waals surface area contributed by atoms with Gasteiger partial charge in [-0.05, 0) is 37.6 Å². The summed E-state index contributed by atoms with van der Waals surface area (Å²) in [5.74, 6) is -2.81. The molecule has 0 bridgehead atoms. The summed E-state index contributed by atoms with van der Waals surface area (Å²) in [6.45, 7) is 4.42. The molecule has 2 aromatic rings. The Morgan fingerprint density at radius 2 is 1.84 bits per heavy atom. The molecule has 12 heteroatoms. The second kappa shape index (κ2) is 16.2. The van der Waals surface area contributed by atoms with Gasteiger partial charge in [0.05, 0.1) is 55.3 Å². The first-order valence-electron chi connectivity index (χ1n) is 11.4. The Kier molecular flexibility index (Phi) is 13.7. The van der Waals surface area contributed by atoms with Gasteiger partial charge in [-0.25, -0.2) is 14.4 Å². The zero-order valence-corrected chi connectivity index (χ0v) is 22.1. The Balaban J connectivity index is 0.000000610. The number of nitrogens with one attached hydrogen (secondary N) is 1. The minimum Gasteiger partial charge on any atom is -0.478 e. The van der Waals surface area contributed by atoms with Gasteiger partial charge in [-0.3, -0.25) is 4.98 Å². The van der Waals surface area contributed by atoms with E-state index in [1.807, 2.05) is 0 Å². The molecule has 1 aromatic carbocycles. The minimum atomic E-state index is -0.942. The van der Waals surface area contributed by atoms with Crippen LogP contribution in [0.2, 0.25) is 5.02 Å². The molecule has 0 fully saturated rings. The summed E-state index contributed by atoms with van der Waals surface area (Å²) in [6, 6.07) is 10.1. The second-order valence-electron chi connectivity index (χ2n) is 7.61. The van der Waals surface area contributed by atoms with Crippen LogP contribution in [0.4, 0.5) is 0 Å². The number of rotatable bonds is 9. The molecule has 6 N–H and O–H groups in total. The van der Waals surface area contributed by atoms with E-state index in [0.29, 0.717) is 40.7 Å². The molecule has 0 aliphatic carbocycles. The molecular weight excluding hydrogens is 518 g/mol. The lowest BCUT2D eigenvalue weighted by Gasteiger charge is -2.31. The third-order valence-electron chi connectivity index (χ3n) is 5.18. The van der Waals surface area contributed by atoms with E-state index in [0.717, 1.165) is 0 Å². The molecular formula is C26H32ClN3O8. The lowest BCUT2D eigenvalue weighted by Crippen LogP contribution is -2.35. The summed E-state index contributed by atoms with van der Waals surface area (Å²) in [5.41, 5.74) is 7.92. The maximum Gasteiger partial charge on any atom is 0.337 e. The normalized spacial score (nSPS) is 14.4. The second-order valence-corrected chi connectivity index (χ2v) is 8.02. The molecule has 1 atom stereocenters. The van der Waals surface area contributed by atoms with Crippen molar-refractivity contribution in [3.05, 3.63) is 87.5 Å². The van der Waals surface area contributed by atoms with Crippen molar-refractivity contribution in [2.24, 2.45) is 5.73 Å². The first-order chi connectivity index (χ1) is 17.8. The number of carboxylic acid groups (broad SMARTS) is 1. The fourth-order valence-corrected chi connectivity index (χ4v) is 3.85. The number of aromatic carboxylic acids is 1. The molecule has 0 saturated carbocycles. The Hall–Kier alpha value is -3.77. The summed E-state index contributed by atoms with van der Waals surface area (Å²) >= 11 is 6.42. The van der Waals surface area contributed by atoms with Crippen LogP contribution in [0.1, 0.15) is 35.7 Å². The average Bonchev–Trinajstić information content (AvgIpc) is 2.89. The molecule has 0 amide bonds. The number of benzene rings is 1. The van der Waals surface area contributed by atoms with E-state index in [4.69, 9.17) is 36.7 Å². The summed E-state index contributed by atoms with van der Waals surface area (Å²) < 4.78 is 15.8. The van der Waals surface area contributed by atoms with Crippen LogP contribution in [0.5, 0.6) is 0 Å². The number of nitrogens with zero attached hydrogens (tertiary/aromatic N) is 1. The third kappa shape index (κ3) is 8.38. The largest absolute Gasteiger partial charge is 0.478 e. The maximum atomic E-state index is 12.9. The van der Waals surface area contributed by atoms with Gasteiger partial charge in [0, 0.05) is 29.7 Å². The SMILES string of the molecule is CCOC(=O)C1=C(COCCN)NC(C)=C(C(=O)OC)[C@@H]1c1ccccc1Cl.O.O=C(O)c1cccnc1. The van der Waals surface area contributed by atoms with E-state index in [1.54, 1.807) is 44.2 Å². The summed E-state index contributed by atoms with van der Waals surface area (Å²) in [5, 5.41) is 11.9. The Bertz CT molecular complexity index is 1170. The molecule has 2 heterocycles. The van der Waals surface area contributed by atoms with Gasteiger partial charge in [0.1, 0.15) is 0 Å². The van der Waals surface area contributed by atoms with Crippen molar-refractivity contribution < 1.29 is 39.2 Å². The number of methoxy groups -OCH3 is 1. The van der Waals surface area contributed by atoms with Crippen molar-refractivity contribution in [2.75, 3.05) is 33.5 Å². The standard InChI is InChI=1S/C20H25ClN2O5.C6H5NO2.H2O/c1-4-28-20(25)18-15(11-27-10-9-22)23-12(2)16(19(24)26-3)17(18)13-7-5-6-8-14(13)21;8-6(9)5-2-1-3-7-4-5;/h5-8,17,23H,4,9-11,22H2,1-3H3;1-4H,(H,8,9);1H2/t17-;;/m0../s1. The zero-order valence-electron chi connectivity index (χ0n) is 21.3. The summed E-state index contributed by atoms with van der Waals surface area (Å²) in [6.07, 6.45) is 2.84. The molecule has 3 rings (SSSR count). The Morgan fingerprint density at radius 3 is 2.37 bits per heavy atom. The smallest absolute Gasteiger partial charge is 0.337 e. The topological polar surface area (TPSA) is 182 Å². The Morgan fingerprint density at radius 1 is 1.13 bits per heavy atom. The van der Waals surface area contributed by atoms with Crippen LogP contribution >= 0.6 is 11.6 Å². The molecule has 0 saturated heterocycles. The fourth-order valence-electron chi connectivity index (χ4n) is 3.61. The van der Waals surface area contributed by atoms with E-state index in [2.05, 4.69) is 10.3 Å². The predicted molar refractivity (Wildman–Crippen MR) is 140 cm³/mol. The molecule has 11 nitrogen and oxygen atoms in total. The molecule has 1 aromatic heterocycles. The number of pyridine rings is 1. The van der Waals surface area contributed by atoms with E-state index in [1.165, 1.54) is 25.6 Å². The number of carboxylic acids is 1. The monoisotopic (exact) mass is 549 g/mol. The van der Waals surface area contributed by atoms with Crippen molar-refractivity contribution in [3.8, 4) is 0 Å². The van der Waals surface area contributed by atoms with Gasteiger partial charge < -0.3 is 35.8 Å². The molecule has 0 unspecified atom stereocenters. The van der Waals surface area contributed by atoms with Crippen molar-refractivity contribution in [2.45, 2.75) is 19.8 Å². The number of hydrogen-bond donors (Lipinski definition) is 3. The van der Waals surface area contributed by atoms with Crippen molar-refractivity contribution in [1.29, 1.82) is 0 Å². The van der Waals surface area contributed by atoms with Crippen molar-refractivity contribution in [1.82, 2.24) is 10.3 Å². The van der Waals surface area contributed by atoms with E-state index in [-0.39, 0.29) is 29.8 Å². The number of ether oxygens (including phenoxy) is 3. The highest BCUT2D eigenvalue weighted by Crippen LogP contribution is 2.41. The van der Waals surface area contributed by atoms with Gasteiger partial charge >= 0.3 is 17.9 Å². The number of nitrogens with two attached hydrogens (primary N) is 1. The van der Waals surface area contributed by atoms with Crippen LogP contribution in [0.3, 0.4) is 0 Å². The summed E-state index contributed by atoms with van der Waals surface area (Å²) in [7, 11) is 1.29. The highest BCUT2D eigenvalue weighted by atomic mass is 35.5. The first kappa shape index (κ1) is 32.3. The molecule has 1 aliphatic heterocycles. The maximum absolute atomic E-state index is 12.9. The molecule has 0 radical (unpaired) electrons. The molecule has 38 heavy (non-hydrogen) atoms. The summed E-state index contributed by atoms with van der Waals surface area (Å²) in [4.78, 5) is 39.2. The lowest BCUT2D eigenvalue weighted by molar-refractivity contribution is -0.139. The molecule has 1 aliphatic rings. The van der Waals surface area contributed by atoms with Crippen LogP contribution in [-0.2, 0) is 23.8 Å². The average molecular weight is 550 g/mol. The highest BCUT2D eigenvalue weighted by molar-refractivity contribution is 6.31. The van der Waals surface area contributed by atoms with Crippen LogP contribution in [-0.4, -0.2) is 66.9 Å². The molecule has 0 spiro atoms. The lowest BCUT2D eigenvalue weighted by atomic mass is 9.80. The Labute approximate surface area is 225 Å². The van der Waals surface area contributed by atoms with Crippen LogP contribution in [0.15, 0.2) is 71.3 Å². The van der Waals surface area contributed by atoms with Gasteiger partial charge in [0.25, 0.3) is 0 Å². The van der Waals surface area contributed by atoms with E-state index < -0.39 is 23.8 Å². The van der Waals surface area contributed by atoms with E-state index in [9.17, 15) is 14.4 Å². The number of hydrogen-bond acceptors (Lipinski definition) is 9. The van der Waals surface area contributed by atoms with Gasteiger partial charge in [-0.15, -0.1) is 0 Å². The van der Waals surface area contributed by atoms with Crippen molar-refractivity contribution >= 4 is 29.5 Å². The van der Waals surface area contributed by atoms with Gasteiger partial charge in [-0.2, -0.15) is 0 Å². The van der Waals surface area contributed by atoms with Crippen LogP contribution in [0, 0.1) is 0 Å². The number of aromatic nitrogens is 1. The van der Waals surface area contributed by atoms with Gasteiger partial charge in [-0.1, -0.05) is 29.8 Å². The quantitative estimate of drug-likeness (QED) is 0.310. The highest BCUT2D eigenvalue weighted by Gasteiger charge is 2.39. The predicted octanol–water partition coefficient (Wildman–Crippen LogP) is 2.22. The minimum absolute atomic E-state index is 0. The molecule has 206 valence electrons. The van der Waals surface area contributed by atoms with E-state index >= 15 is 0 Å². The number of halogens is 1. The first-order valence-corrected chi connectivity index (χ1v) is 11.8. The van der Waals surface area contributed by atoms with Crippen LogP contribution < -0.4 is 11.1 Å². The number of carbonyl (C=O) groups is 3. The fraction of sp³-hybridized carbons (Fsp3) is 0.308. The van der Waals surface area contributed by atoms with Crippen molar-refractivity contribution in [3.63, 3.8) is 0 Å². The third-order valence-corrected chi connectivity index (χ3v) is 5.52. The zero-order chi connectivity index (χ0) is 27.4. The van der Waals surface area contributed by atoms with Gasteiger partial charge in [0.2, 0.25) is 0 Å². The number of esters is 2. The number of carbonyl (C=O) groups excluding carboxylic acids is 2. The number of allylic oxidation sites excluding steroid dienone is 1. The van der Waals surface area contributed by atoms with Gasteiger partial charge in [0.15, 0.2) is 0 Å². The number of dihydropyridines is 1. The van der Waals surface area contributed by atoms with Crippen LogP contribution in [0.25, 0.3) is 0 Å².